The largest absolute Gasteiger partial charge is 0.342 e. The van der Waals surface area contributed by atoms with E-state index >= 15 is 0 Å². The number of hydrogen-bond donors (Lipinski definition) is 0. The van der Waals surface area contributed by atoms with Crippen molar-refractivity contribution in [3.8, 4) is 0 Å². The molecule has 1 saturated heterocycles. The van der Waals surface area contributed by atoms with Gasteiger partial charge in [0.1, 0.15) is 18.0 Å². The first-order chi connectivity index (χ1) is 12.2. The van der Waals surface area contributed by atoms with Crippen LogP contribution in [0.2, 0.25) is 0 Å². The van der Waals surface area contributed by atoms with Gasteiger partial charge in [-0.1, -0.05) is 12.1 Å². The standard InChI is InChI=1S/C19H23FN4O/c1-2-23-12-21-22-18(23)14-7-9-24(10-8-14)19(25)17-11-16(17)13-3-5-15(20)6-4-13/h3-6,12,14,16-17H,2,7-11H2,1H3/t16-,17-/m1/s1. The molecular formula is C19H23FN4O. The average molecular weight is 342 g/mol. The fourth-order valence-corrected chi connectivity index (χ4v) is 3.96. The van der Waals surface area contributed by atoms with Crippen LogP contribution in [-0.2, 0) is 11.3 Å². The molecule has 1 aromatic carbocycles. The van der Waals surface area contributed by atoms with Gasteiger partial charge in [-0.3, -0.25) is 4.79 Å². The number of nitrogens with zero attached hydrogens (tertiary/aromatic N) is 4. The van der Waals surface area contributed by atoms with Crippen molar-refractivity contribution in [3.05, 3.63) is 47.8 Å². The molecule has 6 heteroatoms. The average Bonchev–Trinajstić information content (AvgIpc) is 3.30. The third kappa shape index (κ3) is 3.17. The van der Waals surface area contributed by atoms with Crippen molar-refractivity contribution >= 4 is 5.91 Å². The maximum Gasteiger partial charge on any atom is 0.226 e. The number of aryl methyl sites for hydroxylation is 1. The lowest BCUT2D eigenvalue weighted by Crippen LogP contribution is -2.39. The summed E-state index contributed by atoms with van der Waals surface area (Å²) in [6, 6.07) is 6.56. The van der Waals surface area contributed by atoms with Crippen LogP contribution in [0.4, 0.5) is 4.39 Å². The van der Waals surface area contributed by atoms with Gasteiger partial charge in [-0.15, -0.1) is 10.2 Å². The quantitative estimate of drug-likeness (QED) is 0.858. The molecule has 1 aliphatic carbocycles. The predicted molar refractivity (Wildman–Crippen MR) is 91.5 cm³/mol. The number of rotatable bonds is 4. The van der Waals surface area contributed by atoms with Crippen molar-refractivity contribution in [2.45, 2.75) is 44.6 Å². The van der Waals surface area contributed by atoms with E-state index in [0.29, 0.717) is 5.92 Å². The third-order valence-corrected chi connectivity index (χ3v) is 5.56. The zero-order chi connectivity index (χ0) is 17.4. The van der Waals surface area contributed by atoms with Gasteiger partial charge in [0.05, 0.1) is 0 Å². The SMILES string of the molecule is CCn1cnnc1C1CCN(C(=O)[C@@H]2C[C@@H]2c2ccc(F)cc2)CC1. The predicted octanol–water partition coefficient (Wildman–Crippen LogP) is 2.95. The molecule has 0 spiro atoms. The van der Waals surface area contributed by atoms with Gasteiger partial charge in [0.25, 0.3) is 0 Å². The Morgan fingerprint density at radius 1 is 1.24 bits per heavy atom. The lowest BCUT2D eigenvalue weighted by molar-refractivity contribution is -0.133. The Balaban J connectivity index is 1.34. The zero-order valence-corrected chi connectivity index (χ0v) is 14.4. The van der Waals surface area contributed by atoms with Gasteiger partial charge in [0.2, 0.25) is 5.91 Å². The van der Waals surface area contributed by atoms with E-state index in [-0.39, 0.29) is 23.6 Å². The van der Waals surface area contributed by atoms with Crippen LogP contribution >= 0.6 is 0 Å². The number of likely N-dealkylation sites (tertiary alicyclic amines) is 1. The van der Waals surface area contributed by atoms with Gasteiger partial charge in [-0.2, -0.15) is 0 Å². The van der Waals surface area contributed by atoms with E-state index in [9.17, 15) is 9.18 Å². The van der Waals surface area contributed by atoms with Crippen LogP contribution in [0.15, 0.2) is 30.6 Å². The van der Waals surface area contributed by atoms with Crippen molar-refractivity contribution in [2.24, 2.45) is 5.92 Å². The van der Waals surface area contributed by atoms with Crippen LogP contribution in [0.25, 0.3) is 0 Å². The molecule has 1 saturated carbocycles. The Bertz CT molecular complexity index is 749. The van der Waals surface area contributed by atoms with E-state index in [0.717, 1.165) is 50.3 Å². The van der Waals surface area contributed by atoms with E-state index in [1.54, 1.807) is 18.5 Å². The van der Waals surface area contributed by atoms with Crippen LogP contribution < -0.4 is 0 Å². The van der Waals surface area contributed by atoms with Crippen molar-refractivity contribution in [2.75, 3.05) is 13.1 Å². The highest BCUT2D eigenvalue weighted by Gasteiger charge is 2.46. The fourth-order valence-electron chi connectivity index (χ4n) is 3.96. The van der Waals surface area contributed by atoms with Crippen molar-refractivity contribution in [1.82, 2.24) is 19.7 Å². The molecule has 0 radical (unpaired) electrons. The number of piperidine rings is 1. The minimum Gasteiger partial charge on any atom is -0.342 e. The maximum absolute atomic E-state index is 13.0. The van der Waals surface area contributed by atoms with Crippen molar-refractivity contribution < 1.29 is 9.18 Å². The maximum atomic E-state index is 13.0. The Hall–Kier alpha value is -2.24. The normalized spacial score (nSPS) is 23.7. The van der Waals surface area contributed by atoms with E-state index in [4.69, 9.17) is 0 Å². The lowest BCUT2D eigenvalue weighted by atomic mass is 9.95. The first kappa shape index (κ1) is 16.2. The number of benzene rings is 1. The summed E-state index contributed by atoms with van der Waals surface area (Å²) in [7, 11) is 0. The molecule has 2 aromatic rings. The molecule has 132 valence electrons. The molecule has 2 aliphatic rings. The summed E-state index contributed by atoms with van der Waals surface area (Å²) in [5.74, 6) is 1.79. The van der Waals surface area contributed by atoms with Gasteiger partial charge in [-0.25, -0.2) is 4.39 Å². The van der Waals surface area contributed by atoms with Crippen molar-refractivity contribution in [1.29, 1.82) is 0 Å². The number of amides is 1. The summed E-state index contributed by atoms with van der Waals surface area (Å²) in [6.07, 6.45) is 4.55. The zero-order valence-electron chi connectivity index (χ0n) is 14.4. The minimum absolute atomic E-state index is 0.0707. The highest BCUT2D eigenvalue weighted by atomic mass is 19.1. The molecule has 1 aromatic heterocycles. The van der Waals surface area contributed by atoms with Gasteiger partial charge in [-0.05, 0) is 49.8 Å². The number of aromatic nitrogens is 3. The van der Waals surface area contributed by atoms with Gasteiger partial charge < -0.3 is 9.47 Å². The molecule has 2 atom stereocenters. The Morgan fingerprint density at radius 2 is 1.96 bits per heavy atom. The van der Waals surface area contributed by atoms with Crippen LogP contribution in [-0.4, -0.2) is 38.7 Å². The first-order valence-electron chi connectivity index (χ1n) is 9.09. The Morgan fingerprint density at radius 3 is 2.64 bits per heavy atom. The molecule has 0 unspecified atom stereocenters. The van der Waals surface area contributed by atoms with Crippen LogP contribution in [0.1, 0.15) is 49.4 Å². The van der Waals surface area contributed by atoms with Gasteiger partial charge in [0.15, 0.2) is 0 Å². The smallest absolute Gasteiger partial charge is 0.226 e. The number of carbonyl (C=O) groups excluding carboxylic acids is 1. The van der Waals surface area contributed by atoms with E-state index in [1.807, 2.05) is 4.90 Å². The molecule has 2 fully saturated rings. The van der Waals surface area contributed by atoms with Crippen molar-refractivity contribution in [3.63, 3.8) is 0 Å². The van der Waals surface area contributed by atoms with Crippen LogP contribution in [0, 0.1) is 11.7 Å². The highest BCUT2D eigenvalue weighted by molar-refractivity contribution is 5.83. The fraction of sp³-hybridized carbons (Fsp3) is 0.526. The van der Waals surface area contributed by atoms with E-state index in [2.05, 4.69) is 21.7 Å². The summed E-state index contributed by atoms with van der Waals surface area (Å²) < 4.78 is 15.1. The summed E-state index contributed by atoms with van der Waals surface area (Å²) >= 11 is 0. The molecule has 0 N–H and O–H groups in total. The topological polar surface area (TPSA) is 51.0 Å². The molecular weight excluding hydrogens is 319 g/mol. The Kier molecular flexibility index (Phi) is 4.27. The Labute approximate surface area is 146 Å². The van der Waals surface area contributed by atoms with Gasteiger partial charge >= 0.3 is 0 Å². The highest BCUT2D eigenvalue weighted by Crippen LogP contribution is 2.48. The number of hydrogen-bond acceptors (Lipinski definition) is 3. The number of halogens is 1. The van der Waals surface area contributed by atoms with E-state index in [1.165, 1.54) is 12.1 Å². The number of carbonyl (C=O) groups is 1. The molecule has 5 nitrogen and oxygen atoms in total. The van der Waals surface area contributed by atoms with Crippen LogP contribution in [0.5, 0.6) is 0 Å². The molecule has 0 bridgehead atoms. The summed E-state index contributed by atoms with van der Waals surface area (Å²) in [5, 5.41) is 8.28. The molecule has 4 rings (SSSR count). The van der Waals surface area contributed by atoms with Crippen LogP contribution in [0.3, 0.4) is 0 Å². The molecule has 25 heavy (non-hydrogen) atoms. The second-order valence-corrected chi connectivity index (χ2v) is 7.07. The second-order valence-electron chi connectivity index (χ2n) is 7.07. The monoisotopic (exact) mass is 342 g/mol. The molecule has 2 heterocycles. The molecule has 1 amide bonds. The van der Waals surface area contributed by atoms with Gasteiger partial charge in [0, 0.05) is 31.5 Å². The minimum atomic E-state index is -0.228. The lowest BCUT2D eigenvalue weighted by Gasteiger charge is -2.32. The second kappa shape index (κ2) is 6.58. The first-order valence-corrected chi connectivity index (χ1v) is 9.09. The third-order valence-electron chi connectivity index (χ3n) is 5.56. The molecule has 1 aliphatic heterocycles. The summed E-state index contributed by atoms with van der Waals surface area (Å²) in [6.45, 7) is 4.54. The summed E-state index contributed by atoms with van der Waals surface area (Å²) in [5.41, 5.74) is 1.07. The van der Waals surface area contributed by atoms with E-state index < -0.39 is 0 Å². The summed E-state index contributed by atoms with van der Waals surface area (Å²) in [4.78, 5) is 14.7.